The predicted molar refractivity (Wildman–Crippen MR) is 126 cm³/mol. The third kappa shape index (κ3) is 3.39. The molecule has 0 N–H and O–H groups in total. The number of aromatic nitrogens is 1. The smallest absolute Gasteiger partial charge is 0.129 e. The van der Waals surface area contributed by atoms with E-state index in [1.54, 1.807) is 0 Å². The molecule has 4 heteroatoms. The zero-order valence-corrected chi connectivity index (χ0v) is 19.0. The van der Waals surface area contributed by atoms with E-state index in [-0.39, 0.29) is 11.2 Å². The number of nitrogens with zero attached hydrogens (tertiary/aromatic N) is 1. The Balaban J connectivity index is 1.78. The Morgan fingerprint density at radius 3 is 2.34 bits per heavy atom. The van der Waals surface area contributed by atoms with Crippen LogP contribution in [0.25, 0.3) is 16.6 Å². The standard InChI is InChI=1S/C28H28FNO2/c1-27(2)18-32-28(3,4)26-25(27)24-22(30(26)21-15-13-20(29)14-16-21)11-8-12-23(24)31-17-19-9-6-5-7-10-19/h5-16H,17-18H2,1-4H3. The van der Waals surface area contributed by atoms with Crippen molar-refractivity contribution in [1.82, 2.24) is 4.57 Å². The molecule has 1 aliphatic heterocycles. The molecule has 32 heavy (non-hydrogen) atoms. The number of fused-ring (bicyclic) bond motifs is 3. The van der Waals surface area contributed by atoms with Crippen LogP contribution in [0.3, 0.4) is 0 Å². The second-order valence-corrected chi connectivity index (χ2v) is 9.64. The minimum Gasteiger partial charge on any atom is -0.488 e. The lowest BCUT2D eigenvalue weighted by atomic mass is 9.77. The van der Waals surface area contributed by atoms with E-state index in [4.69, 9.17) is 9.47 Å². The molecule has 4 aromatic rings. The number of hydrogen-bond acceptors (Lipinski definition) is 2. The monoisotopic (exact) mass is 429 g/mol. The highest BCUT2D eigenvalue weighted by atomic mass is 19.1. The molecule has 0 fully saturated rings. The summed E-state index contributed by atoms with van der Waals surface area (Å²) in [7, 11) is 0. The summed E-state index contributed by atoms with van der Waals surface area (Å²) in [5.74, 6) is 0.607. The molecule has 3 aromatic carbocycles. The van der Waals surface area contributed by atoms with Gasteiger partial charge in [0.1, 0.15) is 23.8 Å². The third-order valence-corrected chi connectivity index (χ3v) is 6.32. The van der Waals surface area contributed by atoms with Crippen LogP contribution in [0.15, 0.2) is 72.8 Å². The van der Waals surface area contributed by atoms with Crippen molar-refractivity contribution in [1.29, 1.82) is 0 Å². The summed E-state index contributed by atoms with van der Waals surface area (Å²) in [5.41, 5.74) is 4.68. The molecule has 0 saturated carbocycles. The highest BCUT2D eigenvalue weighted by Gasteiger charge is 2.44. The molecule has 0 radical (unpaired) electrons. The van der Waals surface area contributed by atoms with E-state index in [9.17, 15) is 4.39 Å². The number of benzene rings is 3. The minimum atomic E-state index is -0.505. The molecule has 5 rings (SSSR count). The molecule has 164 valence electrons. The van der Waals surface area contributed by atoms with Crippen molar-refractivity contribution in [2.75, 3.05) is 6.61 Å². The zero-order chi connectivity index (χ0) is 22.5. The van der Waals surface area contributed by atoms with Gasteiger partial charge >= 0.3 is 0 Å². The molecule has 0 amide bonds. The summed E-state index contributed by atoms with van der Waals surface area (Å²) in [6.45, 7) is 9.74. The van der Waals surface area contributed by atoms with E-state index in [1.807, 2.05) is 42.5 Å². The van der Waals surface area contributed by atoms with E-state index >= 15 is 0 Å². The molecular weight excluding hydrogens is 401 g/mol. The SMILES string of the molecule is CC1(C)COC(C)(C)c2c1c1c(OCc3ccccc3)cccc1n2-c1ccc(F)cc1. The highest BCUT2D eigenvalue weighted by Crippen LogP contribution is 2.49. The second kappa shape index (κ2) is 7.49. The van der Waals surface area contributed by atoms with Gasteiger partial charge in [0.2, 0.25) is 0 Å². The van der Waals surface area contributed by atoms with Gasteiger partial charge in [0.25, 0.3) is 0 Å². The van der Waals surface area contributed by atoms with Crippen molar-refractivity contribution in [3.8, 4) is 11.4 Å². The number of rotatable bonds is 4. The van der Waals surface area contributed by atoms with Crippen molar-refractivity contribution in [2.24, 2.45) is 0 Å². The second-order valence-electron chi connectivity index (χ2n) is 9.64. The van der Waals surface area contributed by atoms with Crippen LogP contribution >= 0.6 is 0 Å². The summed E-state index contributed by atoms with van der Waals surface area (Å²) in [4.78, 5) is 0. The van der Waals surface area contributed by atoms with Gasteiger partial charge in [0.15, 0.2) is 0 Å². The van der Waals surface area contributed by atoms with Crippen molar-refractivity contribution in [3.63, 3.8) is 0 Å². The maximum atomic E-state index is 13.7. The molecule has 3 nitrogen and oxygen atoms in total. The van der Waals surface area contributed by atoms with Crippen molar-refractivity contribution in [2.45, 2.75) is 45.3 Å². The largest absolute Gasteiger partial charge is 0.488 e. The molecule has 0 atom stereocenters. The Hall–Kier alpha value is -3.11. The molecule has 0 spiro atoms. The molecular formula is C28H28FNO2. The Labute approximate surface area is 188 Å². The molecule has 1 aliphatic rings. The fourth-order valence-corrected chi connectivity index (χ4v) is 4.75. The van der Waals surface area contributed by atoms with Gasteiger partial charge < -0.3 is 14.0 Å². The van der Waals surface area contributed by atoms with Crippen LogP contribution in [0.4, 0.5) is 4.39 Å². The van der Waals surface area contributed by atoms with E-state index in [0.717, 1.165) is 33.6 Å². The average molecular weight is 430 g/mol. The van der Waals surface area contributed by atoms with Gasteiger partial charge in [-0.2, -0.15) is 0 Å². The van der Waals surface area contributed by atoms with Crippen LogP contribution in [0, 0.1) is 5.82 Å². The fraction of sp³-hybridized carbons (Fsp3) is 0.286. The molecule has 2 heterocycles. The quantitative estimate of drug-likeness (QED) is 0.353. The molecule has 0 aliphatic carbocycles. The first-order valence-corrected chi connectivity index (χ1v) is 11.0. The van der Waals surface area contributed by atoms with Gasteiger partial charge in [0.05, 0.1) is 17.8 Å². The molecule has 0 unspecified atom stereocenters. The van der Waals surface area contributed by atoms with Gasteiger partial charge in [-0.3, -0.25) is 0 Å². The Bertz CT molecular complexity index is 1270. The van der Waals surface area contributed by atoms with Crippen LogP contribution in [-0.4, -0.2) is 11.2 Å². The molecule has 1 aromatic heterocycles. The van der Waals surface area contributed by atoms with Gasteiger partial charge in [-0.05, 0) is 61.4 Å². The number of hydrogen-bond donors (Lipinski definition) is 0. The number of halogens is 1. The van der Waals surface area contributed by atoms with Crippen molar-refractivity contribution >= 4 is 10.9 Å². The van der Waals surface area contributed by atoms with Gasteiger partial charge in [0, 0.05) is 16.5 Å². The topological polar surface area (TPSA) is 23.4 Å². The summed E-state index contributed by atoms with van der Waals surface area (Å²) < 4.78 is 28.7. The van der Waals surface area contributed by atoms with Crippen LogP contribution in [0.2, 0.25) is 0 Å². The first kappa shape index (κ1) is 20.8. The summed E-state index contributed by atoms with van der Waals surface area (Å²) in [6.07, 6.45) is 0. The first-order valence-electron chi connectivity index (χ1n) is 11.0. The zero-order valence-electron chi connectivity index (χ0n) is 19.0. The molecule has 0 saturated heterocycles. The van der Waals surface area contributed by atoms with Crippen molar-refractivity contribution in [3.05, 3.63) is 95.4 Å². The van der Waals surface area contributed by atoms with Gasteiger partial charge in [-0.15, -0.1) is 0 Å². The Morgan fingerprint density at radius 2 is 1.62 bits per heavy atom. The van der Waals surface area contributed by atoms with E-state index < -0.39 is 5.60 Å². The number of ether oxygens (including phenoxy) is 2. The Kier molecular flexibility index (Phi) is 4.86. The average Bonchev–Trinajstić information content (AvgIpc) is 3.15. The lowest BCUT2D eigenvalue weighted by Crippen LogP contribution is -2.40. The first-order chi connectivity index (χ1) is 15.3. The van der Waals surface area contributed by atoms with Crippen molar-refractivity contribution < 1.29 is 13.9 Å². The summed E-state index contributed by atoms with van der Waals surface area (Å²) >= 11 is 0. The maximum Gasteiger partial charge on any atom is 0.129 e. The summed E-state index contributed by atoms with van der Waals surface area (Å²) in [5, 5.41) is 1.10. The maximum absolute atomic E-state index is 13.7. The lowest BCUT2D eigenvalue weighted by molar-refractivity contribution is -0.0621. The highest BCUT2D eigenvalue weighted by molar-refractivity contribution is 5.94. The molecule has 0 bridgehead atoms. The minimum absolute atomic E-state index is 0.208. The Morgan fingerprint density at radius 1 is 0.906 bits per heavy atom. The van der Waals surface area contributed by atoms with Crippen LogP contribution < -0.4 is 4.74 Å². The normalized spacial score (nSPS) is 16.7. The lowest BCUT2D eigenvalue weighted by Gasteiger charge is -2.41. The van der Waals surface area contributed by atoms with E-state index in [1.165, 1.54) is 17.7 Å². The van der Waals surface area contributed by atoms with E-state index in [0.29, 0.717) is 13.2 Å². The van der Waals surface area contributed by atoms with Crippen LogP contribution in [-0.2, 0) is 22.4 Å². The predicted octanol–water partition coefficient (Wildman–Crippen LogP) is 6.89. The fourth-order valence-electron chi connectivity index (χ4n) is 4.75. The van der Waals surface area contributed by atoms with Gasteiger partial charge in [-0.1, -0.05) is 50.2 Å². The summed E-state index contributed by atoms with van der Waals surface area (Å²) in [6, 6.07) is 23.0. The van der Waals surface area contributed by atoms with E-state index in [2.05, 4.69) is 50.5 Å². The van der Waals surface area contributed by atoms with Crippen LogP contribution in [0.1, 0.15) is 44.5 Å². The van der Waals surface area contributed by atoms with Crippen LogP contribution in [0.5, 0.6) is 5.75 Å². The van der Waals surface area contributed by atoms with Gasteiger partial charge in [-0.25, -0.2) is 4.39 Å². The third-order valence-electron chi connectivity index (χ3n) is 6.32.